The maximum atomic E-state index is 5.65. The van der Waals surface area contributed by atoms with Crippen LogP contribution in [0.5, 0.6) is 11.5 Å². The molecule has 98 valence electrons. The van der Waals surface area contributed by atoms with Gasteiger partial charge in [-0.15, -0.1) is 0 Å². The van der Waals surface area contributed by atoms with Crippen LogP contribution < -0.4 is 20.5 Å². The van der Waals surface area contributed by atoms with E-state index in [9.17, 15) is 0 Å². The molecular formula is C13H19N3O2. The number of nitrogens with zero attached hydrogens (tertiary/aromatic N) is 1. The third-order valence-electron chi connectivity index (χ3n) is 2.65. The van der Waals surface area contributed by atoms with E-state index in [0.29, 0.717) is 25.7 Å². The maximum absolute atomic E-state index is 5.65. The first-order chi connectivity index (χ1) is 8.79. The average molecular weight is 249 g/mol. The van der Waals surface area contributed by atoms with Gasteiger partial charge in [0.15, 0.2) is 17.5 Å². The molecule has 3 N–H and O–H groups in total. The number of nitrogens with two attached hydrogens (primary N) is 1. The Bertz CT molecular complexity index is 432. The second-order valence-corrected chi connectivity index (χ2v) is 4.03. The number of fused-ring (bicyclic) bond motifs is 1. The van der Waals surface area contributed by atoms with Crippen LogP contribution in [-0.2, 0) is 6.42 Å². The van der Waals surface area contributed by atoms with Crippen LogP contribution in [0.2, 0.25) is 0 Å². The molecule has 2 rings (SSSR count). The molecule has 5 heteroatoms. The van der Waals surface area contributed by atoms with Crippen molar-refractivity contribution in [3.05, 3.63) is 23.8 Å². The van der Waals surface area contributed by atoms with Gasteiger partial charge in [-0.2, -0.15) is 0 Å². The van der Waals surface area contributed by atoms with Crippen LogP contribution >= 0.6 is 0 Å². The molecule has 0 atom stereocenters. The lowest BCUT2D eigenvalue weighted by Crippen LogP contribution is -2.31. The number of aliphatic imine (C=N–C) groups is 1. The lowest BCUT2D eigenvalue weighted by molar-refractivity contribution is 0.171. The first kappa shape index (κ1) is 12.5. The van der Waals surface area contributed by atoms with Gasteiger partial charge in [-0.1, -0.05) is 6.07 Å². The topological polar surface area (TPSA) is 68.9 Å². The van der Waals surface area contributed by atoms with Crippen molar-refractivity contribution in [2.24, 2.45) is 10.7 Å². The molecule has 0 unspecified atom stereocenters. The van der Waals surface area contributed by atoms with Gasteiger partial charge in [0.05, 0.1) is 0 Å². The van der Waals surface area contributed by atoms with Gasteiger partial charge >= 0.3 is 0 Å². The SMILES string of the molecule is CCNC(N)=NCCc1ccc2c(c1)OCCO2. The zero-order valence-electron chi connectivity index (χ0n) is 10.6. The van der Waals surface area contributed by atoms with Gasteiger partial charge in [-0.3, -0.25) is 4.99 Å². The molecule has 0 bridgehead atoms. The lowest BCUT2D eigenvalue weighted by Gasteiger charge is -2.18. The molecular weight excluding hydrogens is 230 g/mol. The second-order valence-electron chi connectivity index (χ2n) is 4.03. The van der Waals surface area contributed by atoms with Gasteiger partial charge in [-0.05, 0) is 31.0 Å². The molecule has 1 heterocycles. The zero-order chi connectivity index (χ0) is 12.8. The number of ether oxygens (including phenoxy) is 2. The van der Waals surface area contributed by atoms with E-state index in [1.54, 1.807) is 0 Å². The van der Waals surface area contributed by atoms with E-state index in [0.717, 1.165) is 24.5 Å². The molecule has 1 aliphatic heterocycles. The first-order valence-electron chi connectivity index (χ1n) is 6.22. The van der Waals surface area contributed by atoms with Crippen molar-refractivity contribution in [3.63, 3.8) is 0 Å². The second kappa shape index (κ2) is 6.14. The Morgan fingerprint density at radius 2 is 2.11 bits per heavy atom. The molecule has 0 aliphatic carbocycles. The number of hydrogen-bond acceptors (Lipinski definition) is 3. The third kappa shape index (κ3) is 3.29. The van der Waals surface area contributed by atoms with E-state index in [1.165, 1.54) is 5.56 Å². The molecule has 0 fully saturated rings. The third-order valence-corrected chi connectivity index (χ3v) is 2.65. The summed E-state index contributed by atoms with van der Waals surface area (Å²) in [5.74, 6) is 2.14. The smallest absolute Gasteiger partial charge is 0.188 e. The van der Waals surface area contributed by atoms with Crippen LogP contribution in [0, 0.1) is 0 Å². The minimum absolute atomic E-state index is 0.495. The fraction of sp³-hybridized carbons (Fsp3) is 0.462. The van der Waals surface area contributed by atoms with E-state index in [2.05, 4.69) is 10.3 Å². The van der Waals surface area contributed by atoms with E-state index in [4.69, 9.17) is 15.2 Å². The number of rotatable bonds is 4. The Morgan fingerprint density at radius 3 is 2.89 bits per heavy atom. The van der Waals surface area contributed by atoms with Crippen molar-refractivity contribution in [2.45, 2.75) is 13.3 Å². The lowest BCUT2D eigenvalue weighted by atomic mass is 10.1. The molecule has 0 radical (unpaired) electrons. The van der Waals surface area contributed by atoms with Crippen molar-refractivity contribution in [3.8, 4) is 11.5 Å². The molecule has 1 aromatic rings. The molecule has 0 saturated carbocycles. The fourth-order valence-corrected chi connectivity index (χ4v) is 1.79. The van der Waals surface area contributed by atoms with Gasteiger partial charge in [0.1, 0.15) is 13.2 Å². The number of hydrogen-bond donors (Lipinski definition) is 2. The Labute approximate surface area is 107 Å². The van der Waals surface area contributed by atoms with Gasteiger partial charge in [-0.25, -0.2) is 0 Å². The summed E-state index contributed by atoms with van der Waals surface area (Å²) in [6, 6.07) is 5.99. The van der Waals surface area contributed by atoms with E-state index >= 15 is 0 Å². The molecule has 5 nitrogen and oxygen atoms in total. The minimum Gasteiger partial charge on any atom is -0.486 e. The summed E-state index contributed by atoms with van der Waals surface area (Å²) in [5.41, 5.74) is 6.83. The summed E-state index contributed by atoms with van der Waals surface area (Å²) in [6.07, 6.45) is 0.836. The van der Waals surface area contributed by atoms with Crippen molar-refractivity contribution in [1.29, 1.82) is 0 Å². The minimum atomic E-state index is 0.495. The average Bonchev–Trinajstić information content (AvgIpc) is 2.39. The highest BCUT2D eigenvalue weighted by atomic mass is 16.6. The Morgan fingerprint density at radius 1 is 1.33 bits per heavy atom. The maximum Gasteiger partial charge on any atom is 0.188 e. The fourth-order valence-electron chi connectivity index (χ4n) is 1.79. The van der Waals surface area contributed by atoms with Gasteiger partial charge < -0.3 is 20.5 Å². The molecule has 0 aromatic heterocycles. The molecule has 0 saturated heterocycles. The Kier molecular flexibility index (Phi) is 4.28. The number of benzene rings is 1. The van der Waals surface area contributed by atoms with Crippen LogP contribution in [0.15, 0.2) is 23.2 Å². The number of guanidine groups is 1. The summed E-state index contributed by atoms with van der Waals surface area (Å²) in [5, 5.41) is 2.96. The number of nitrogens with one attached hydrogen (secondary N) is 1. The zero-order valence-corrected chi connectivity index (χ0v) is 10.6. The molecule has 1 aromatic carbocycles. The highest BCUT2D eigenvalue weighted by molar-refractivity contribution is 5.77. The monoisotopic (exact) mass is 249 g/mol. The van der Waals surface area contributed by atoms with Crippen molar-refractivity contribution in [1.82, 2.24) is 5.32 Å². The largest absolute Gasteiger partial charge is 0.486 e. The Hall–Kier alpha value is -1.91. The molecule has 1 aliphatic rings. The van der Waals surface area contributed by atoms with Gasteiger partial charge in [0.2, 0.25) is 0 Å². The summed E-state index contributed by atoms with van der Waals surface area (Å²) in [7, 11) is 0. The summed E-state index contributed by atoms with van der Waals surface area (Å²) in [6.45, 7) is 4.68. The summed E-state index contributed by atoms with van der Waals surface area (Å²) < 4.78 is 11.0. The van der Waals surface area contributed by atoms with Crippen molar-refractivity contribution < 1.29 is 9.47 Å². The van der Waals surface area contributed by atoms with E-state index < -0.39 is 0 Å². The molecule has 0 amide bonds. The van der Waals surface area contributed by atoms with E-state index in [-0.39, 0.29) is 0 Å². The Balaban J connectivity index is 1.92. The highest BCUT2D eigenvalue weighted by Gasteiger charge is 2.11. The summed E-state index contributed by atoms with van der Waals surface area (Å²) in [4.78, 5) is 4.23. The van der Waals surface area contributed by atoms with Crippen LogP contribution in [0.3, 0.4) is 0 Å². The highest BCUT2D eigenvalue weighted by Crippen LogP contribution is 2.30. The van der Waals surface area contributed by atoms with Crippen molar-refractivity contribution >= 4 is 5.96 Å². The molecule has 0 spiro atoms. The van der Waals surface area contributed by atoms with E-state index in [1.807, 2.05) is 25.1 Å². The predicted octanol–water partition coefficient (Wildman–Crippen LogP) is 0.924. The van der Waals surface area contributed by atoms with Gasteiger partial charge in [0.25, 0.3) is 0 Å². The standard InChI is InChI=1S/C13H19N3O2/c1-2-15-13(14)16-6-5-10-3-4-11-12(9-10)18-8-7-17-11/h3-4,9H,2,5-8H2,1H3,(H3,14,15,16). The van der Waals surface area contributed by atoms with Crippen LogP contribution in [-0.4, -0.2) is 32.3 Å². The van der Waals surface area contributed by atoms with Crippen molar-refractivity contribution in [2.75, 3.05) is 26.3 Å². The van der Waals surface area contributed by atoms with Gasteiger partial charge in [0, 0.05) is 13.1 Å². The van der Waals surface area contributed by atoms with Crippen LogP contribution in [0.1, 0.15) is 12.5 Å². The van der Waals surface area contributed by atoms with Crippen LogP contribution in [0.4, 0.5) is 0 Å². The molecule has 18 heavy (non-hydrogen) atoms. The first-order valence-corrected chi connectivity index (χ1v) is 6.22. The normalized spacial score (nSPS) is 14.4. The summed E-state index contributed by atoms with van der Waals surface area (Å²) >= 11 is 0. The van der Waals surface area contributed by atoms with Crippen LogP contribution in [0.25, 0.3) is 0 Å². The predicted molar refractivity (Wildman–Crippen MR) is 71.3 cm³/mol. The quantitative estimate of drug-likeness (QED) is 0.615.